The standard InChI is InChI=1S/C23H27Cl2N5O.C19H19BrClN3O2/c1-15-12-19-20(13-18(25)14-21(19)29-10-8-28(3)9-11-29)22(27-30(15)23(31)26-2)16-4-6-17(24)7-5-16;1-11-10-15-14(8-9-16(26-3)17(15)20)18(23-24(11)19(25)22-2)12-4-6-13(21)7-5-12/h4-7,13-15H,8-12H2,1-3H3,(H,26,31);4-9,11H,10H2,1-3H3,(H,22,25). The topological polar surface area (TPSA) is 105 Å². The number of carbonyl (C=O) groups excluding carboxylic acids is 2. The molecule has 0 saturated carbocycles. The molecule has 3 heterocycles. The first-order chi connectivity index (χ1) is 27.3. The van der Waals surface area contributed by atoms with Crippen molar-refractivity contribution >= 4 is 79.9 Å². The van der Waals surface area contributed by atoms with Gasteiger partial charge in [0.25, 0.3) is 0 Å². The highest BCUT2D eigenvalue weighted by Gasteiger charge is 2.32. The van der Waals surface area contributed by atoms with Crippen molar-refractivity contribution < 1.29 is 14.3 Å². The summed E-state index contributed by atoms with van der Waals surface area (Å²) >= 11 is 22.4. The Kier molecular flexibility index (Phi) is 13.7. The van der Waals surface area contributed by atoms with E-state index in [4.69, 9.17) is 49.7 Å². The number of hydrazone groups is 2. The number of fused-ring (bicyclic) bond motifs is 2. The van der Waals surface area contributed by atoms with Gasteiger partial charge in [0, 0.05) is 83.3 Å². The van der Waals surface area contributed by atoms with Crippen molar-refractivity contribution in [2.75, 3.05) is 59.3 Å². The maximum absolute atomic E-state index is 12.6. The van der Waals surface area contributed by atoms with Crippen LogP contribution in [0.3, 0.4) is 0 Å². The minimum atomic E-state index is -0.250. The van der Waals surface area contributed by atoms with Gasteiger partial charge < -0.3 is 25.2 Å². The van der Waals surface area contributed by atoms with Gasteiger partial charge in [0.2, 0.25) is 0 Å². The van der Waals surface area contributed by atoms with Crippen LogP contribution in [0.15, 0.2) is 87.5 Å². The average molecular weight is 897 g/mol. The minimum absolute atomic E-state index is 0.115. The number of anilines is 1. The molecule has 1 saturated heterocycles. The molecule has 2 atom stereocenters. The van der Waals surface area contributed by atoms with E-state index in [-0.39, 0.29) is 24.1 Å². The second kappa shape index (κ2) is 18.5. The van der Waals surface area contributed by atoms with Crippen molar-refractivity contribution in [2.24, 2.45) is 10.2 Å². The number of rotatable bonds is 4. The van der Waals surface area contributed by atoms with E-state index in [1.54, 1.807) is 21.2 Å². The number of likely N-dealkylation sites (N-methyl/N-ethyl adjacent to an activating group) is 1. The van der Waals surface area contributed by atoms with Gasteiger partial charge in [-0.1, -0.05) is 59.1 Å². The van der Waals surface area contributed by atoms with Crippen LogP contribution in [0, 0.1) is 0 Å². The van der Waals surface area contributed by atoms with E-state index in [9.17, 15) is 9.59 Å². The van der Waals surface area contributed by atoms with Crippen LogP contribution in [0.1, 0.15) is 47.2 Å². The largest absolute Gasteiger partial charge is 0.496 e. The zero-order chi connectivity index (χ0) is 41.0. The summed E-state index contributed by atoms with van der Waals surface area (Å²) in [7, 11) is 7.00. The number of urea groups is 2. The lowest BCUT2D eigenvalue weighted by Gasteiger charge is -2.36. The molecule has 300 valence electrons. The Morgan fingerprint density at radius 2 is 1.19 bits per heavy atom. The lowest BCUT2D eigenvalue weighted by molar-refractivity contribution is 0.184. The molecule has 0 aliphatic carbocycles. The Morgan fingerprint density at radius 1 is 0.702 bits per heavy atom. The quantitative estimate of drug-likeness (QED) is 0.214. The number of hydrogen-bond acceptors (Lipinski definition) is 7. The van der Waals surface area contributed by atoms with Crippen LogP contribution < -0.4 is 20.3 Å². The van der Waals surface area contributed by atoms with Gasteiger partial charge in [-0.05, 0) is 109 Å². The summed E-state index contributed by atoms with van der Waals surface area (Å²) in [6.45, 7) is 7.86. The van der Waals surface area contributed by atoms with Crippen LogP contribution in [0.4, 0.5) is 15.3 Å². The number of methoxy groups -OCH3 is 1. The van der Waals surface area contributed by atoms with E-state index in [1.807, 2.05) is 86.6 Å². The molecule has 0 spiro atoms. The summed E-state index contributed by atoms with van der Waals surface area (Å²) in [4.78, 5) is 29.7. The third kappa shape index (κ3) is 9.37. The first kappa shape index (κ1) is 42.3. The smallest absolute Gasteiger partial charge is 0.337 e. The number of nitrogens with zero attached hydrogens (tertiary/aromatic N) is 6. The molecule has 2 N–H and O–H groups in total. The zero-order valence-corrected chi connectivity index (χ0v) is 36.6. The van der Waals surface area contributed by atoms with E-state index in [0.29, 0.717) is 33.6 Å². The van der Waals surface area contributed by atoms with Crippen LogP contribution in [0.5, 0.6) is 5.75 Å². The van der Waals surface area contributed by atoms with Crippen LogP contribution in [0.2, 0.25) is 15.1 Å². The van der Waals surface area contributed by atoms with Gasteiger partial charge in [0.05, 0.1) is 35.1 Å². The molecule has 0 bridgehead atoms. The molecule has 4 aromatic rings. The Morgan fingerprint density at radius 3 is 1.68 bits per heavy atom. The van der Waals surface area contributed by atoms with Crippen LogP contribution >= 0.6 is 50.7 Å². The number of ether oxygens (including phenoxy) is 1. The maximum Gasteiger partial charge on any atom is 0.337 e. The van der Waals surface area contributed by atoms with E-state index in [1.165, 1.54) is 15.6 Å². The molecular weight excluding hydrogens is 851 g/mol. The minimum Gasteiger partial charge on any atom is -0.496 e. The number of carbonyl (C=O) groups is 2. The Balaban J connectivity index is 0.000000196. The highest BCUT2D eigenvalue weighted by molar-refractivity contribution is 9.10. The van der Waals surface area contributed by atoms with E-state index in [0.717, 1.165) is 75.6 Å². The Bertz CT molecular complexity index is 2180. The fourth-order valence-corrected chi connectivity index (χ4v) is 8.34. The van der Waals surface area contributed by atoms with E-state index < -0.39 is 0 Å². The molecule has 11 nitrogen and oxygen atoms in total. The van der Waals surface area contributed by atoms with Crippen molar-refractivity contribution in [3.63, 3.8) is 0 Å². The van der Waals surface area contributed by atoms with Crippen molar-refractivity contribution in [3.05, 3.63) is 126 Å². The van der Waals surface area contributed by atoms with Crippen LogP contribution in [-0.4, -0.2) is 105 Å². The number of hydrogen-bond donors (Lipinski definition) is 2. The normalized spacial score (nSPS) is 18.1. The molecule has 3 aliphatic heterocycles. The second-order valence-electron chi connectivity index (χ2n) is 14.2. The fraction of sp³-hybridized carbons (Fsp3) is 0.333. The van der Waals surface area contributed by atoms with Crippen LogP contribution in [-0.2, 0) is 12.8 Å². The maximum atomic E-state index is 12.6. The molecule has 2 unspecified atom stereocenters. The summed E-state index contributed by atoms with van der Waals surface area (Å²) in [5.41, 5.74) is 8.48. The van der Waals surface area contributed by atoms with Gasteiger partial charge in [-0.15, -0.1) is 0 Å². The lowest BCUT2D eigenvalue weighted by atomic mass is 9.92. The van der Waals surface area contributed by atoms with Gasteiger partial charge >= 0.3 is 12.1 Å². The summed E-state index contributed by atoms with van der Waals surface area (Å²) in [6.07, 6.45) is 1.32. The van der Waals surface area contributed by atoms with Crippen molar-refractivity contribution in [1.29, 1.82) is 0 Å². The predicted molar refractivity (Wildman–Crippen MR) is 235 cm³/mol. The number of piperazine rings is 1. The molecule has 0 radical (unpaired) electrons. The van der Waals surface area contributed by atoms with Gasteiger partial charge in [0.15, 0.2) is 0 Å². The summed E-state index contributed by atoms with van der Waals surface area (Å²) in [6, 6.07) is 22.1. The highest BCUT2D eigenvalue weighted by Crippen LogP contribution is 2.37. The number of halogens is 4. The zero-order valence-electron chi connectivity index (χ0n) is 32.7. The molecule has 0 aromatic heterocycles. The second-order valence-corrected chi connectivity index (χ2v) is 16.3. The lowest BCUT2D eigenvalue weighted by Crippen LogP contribution is -2.45. The third-order valence-electron chi connectivity index (χ3n) is 10.3. The van der Waals surface area contributed by atoms with Crippen molar-refractivity contribution in [1.82, 2.24) is 25.6 Å². The molecular formula is C42H46BrCl3N8O3. The van der Waals surface area contributed by atoms with Crippen molar-refractivity contribution in [3.8, 4) is 5.75 Å². The van der Waals surface area contributed by atoms with Gasteiger partial charge in [-0.25, -0.2) is 19.6 Å². The predicted octanol–water partition coefficient (Wildman–Crippen LogP) is 8.53. The number of nitrogens with one attached hydrogen (secondary N) is 2. The summed E-state index contributed by atoms with van der Waals surface area (Å²) in [5, 5.41) is 19.9. The summed E-state index contributed by atoms with van der Waals surface area (Å²) < 4.78 is 6.32. The van der Waals surface area contributed by atoms with E-state index >= 15 is 0 Å². The summed E-state index contributed by atoms with van der Waals surface area (Å²) in [5.74, 6) is 0.750. The van der Waals surface area contributed by atoms with E-state index in [2.05, 4.69) is 43.4 Å². The highest BCUT2D eigenvalue weighted by atomic mass is 79.9. The van der Waals surface area contributed by atoms with Gasteiger partial charge in [-0.2, -0.15) is 10.2 Å². The first-order valence-corrected chi connectivity index (χ1v) is 20.6. The van der Waals surface area contributed by atoms with Crippen molar-refractivity contribution in [2.45, 2.75) is 38.8 Å². The first-order valence-electron chi connectivity index (χ1n) is 18.7. The number of amides is 4. The molecule has 7 rings (SSSR count). The average Bonchev–Trinajstić information content (AvgIpc) is 3.45. The molecule has 3 aliphatic rings. The molecule has 1 fully saturated rings. The fourth-order valence-electron chi connectivity index (χ4n) is 7.20. The van der Waals surface area contributed by atoms with Gasteiger partial charge in [-0.3, -0.25) is 0 Å². The Hall–Kier alpha value is -4.33. The van der Waals surface area contributed by atoms with Gasteiger partial charge in [0.1, 0.15) is 5.75 Å². The molecule has 4 amide bonds. The molecule has 15 heteroatoms. The third-order valence-corrected chi connectivity index (χ3v) is 11.9. The SMILES string of the molecule is CNC(=O)N1N=C(c2ccc(Cl)cc2)c2cc(Cl)cc(N3CCN(C)CC3)c2CC1C.CNC(=O)N1N=C(c2ccc(Cl)cc2)c2ccc(OC)c(Br)c2CC1C. The Labute approximate surface area is 357 Å². The number of benzene rings is 4. The molecule has 4 aromatic carbocycles. The molecule has 57 heavy (non-hydrogen) atoms. The van der Waals surface area contributed by atoms with Crippen LogP contribution in [0.25, 0.3) is 0 Å². The monoisotopic (exact) mass is 894 g/mol.